The maximum Gasteiger partial charge on any atom is 0.278 e. The van der Waals surface area contributed by atoms with Gasteiger partial charge in [0.05, 0.1) is 22.6 Å². The van der Waals surface area contributed by atoms with Gasteiger partial charge in [-0.25, -0.2) is 30.6 Å². The van der Waals surface area contributed by atoms with Gasteiger partial charge in [-0.1, -0.05) is 24.3 Å². The monoisotopic (exact) mass is 504 g/mol. The molecular formula is C20H24N8O8. The topological polar surface area (TPSA) is 274 Å². The van der Waals surface area contributed by atoms with Crippen LogP contribution in [0.25, 0.3) is 0 Å². The van der Waals surface area contributed by atoms with E-state index in [1.807, 2.05) is 85.2 Å². The minimum atomic E-state index is -1.75. The first-order chi connectivity index (χ1) is 16.4. The van der Waals surface area contributed by atoms with Gasteiger partial charge in [0.1, 0.15) is 0 Å². The quantitative estimate of drug-likeness (QED) is 0.295. The van der Waals surface area contributed by atoms with Gasteiger partial charge in [-0.3, -0.25) is 0 Å². The molecule has 0 aromatic carbocycles. The number of H-pyrrole nitrogens is 2. The fraction of sp³-hybridized carbons (Fsp3) is 0. The van der Waals surface area contributed by atoms with Crippen molar-refractivity contribution in [3.05, 3.63) is 128 Å². The molecule has 0 amide bonds. The number of anilines is 4. The molecule has 0 spiro atoms. The van der Waals surface area contributed by atoms with E-state index in [1.54, 1.807) is 12.4 Å². The van der Waals surface area contributed by atoms with Crippen molar-refractivity contribution in [2.45, 2.75) is 0 Å². The molecule has 4 aromatic rings. The Morgan fingerprint density at radius 1 is 0.583 bits per heavy atom. The van der Waals surface area contributed by atoms with Crippen LogP contribution in [0, 0.1) is 30.6 Å². The molecule has 8 N–H and O–H groups in total. The van der Waals surface area contributed by atoms with Crippen LogP contribution in [0.3, 0.4) is 0 Å². The molecule has 0 aliphatic heterocycles. The third-order valence-electron chi connectivity index (χ3n) is 3.27. The van der Waals surface area contributed by atoms with Gasteiger partial charge in [0.2, 0.25) is 11.6 Å². The molecule has 0 fully saturated rings. The van der Waals surface area contributed by atoms with E-state index in [9.17, 15) is 0 Å². The Bertz CT molecular complexity index is 910. The lowest BCUT2D eigenvalue weighted by atomic mass is 10.4. The van der Waals surface area contributed by atoms with Crippen LogP contribution >= 0.6 is 0 Å². The zero-order chi connectivity index (χ0) is 25.0. The van der Waals surface area contributed by atoms with Crippen LogP contribution in [0.4, 0.5) is 23.3 Å². The molecule has 0 aliphatic carbocycles. The molecule has 0 saturated carbocycles. The van der Waals surface area contributed by atoms with Crippen molar-refractivity contribution >= 4 is 23.3 Å². The van der Waals surface area contributed by atoms with E-state index in [1.165, 1.54) is 0 Å². The number of aromatic nitrogens is 4. The lowest BCUT2D eigenvalue weighted by molar-refractivity contribution is -0.403. The summed E-state index contributed by atoms with van der Waals surface area (Å²) in [4.78, 5) is 30.9. The van der Waals surface area contributed by atoms with Crippen molar-refractivity contribution in [1.82, 2.24) is 9.97 Å². The van der Waals surface area contributed by atoms with Gasteiger partial charge in [-0.05, 0) is 24.3 Å². The Hall–Kier alpha value is -5.48. The second-order valence-corrected chi connectivity index (χ2v) is 5.68. The van der Waals surface area contributed by atoms with E-state index < -0.39 is 10.2 Å². The first kappa shape index (κ1) is 32.7. The van der Waals surface area contributed by atoms with Crippen molar-refractivity contribution in [3.8, 4) is 0 Å². The highest BCUT2D eigenvalue weighted by Crippen LogP contribution is 2.07. The van der Waals surface area contributed by atoms with Gasteiger partial charge in [0, 0.05) is 36.7 Å². The minimum Gasteiger partial charge on any atom is -0.412 e. The predicted molar refractivity (Wildman–Crippen MR) is 129 cm³/mol. The van der Waals surface area contributed by atoms with Gasteiger partial charge < -0.3 is 41.6 Å². The highest BCUT2D eigenvalue weighted by Gasteiger charge is 2.01. The first-order valence-electron chi connectivity index (χ1n) is 9.29. The summed E-state index contributed by atoms with van der Waals surface area (Å²) in [5, 5.41) is 35.8. The van der Waals surface area contributed by atoms with Crippen molar-refractivity contribution in [2.24, 2.45) is 0 Å². The summed E-state index contributed by atoms with van der Waals surface area (Å²) in [5.74, 6) is 3.54. The van der Waals surface area contributed by atoms with Gasteiger partial charge in [-0.15, -0.1) is 0 Å². The minimum absolute atomic E-state index is 0. The average molecular weight is 504 g/mol. The normalized spacial score (nSPS) is 8.22. The summed E-state index contributed by atoms with van der Waals surface area (Å²) in [5.41, 5.74) is 0. The number of nitrogens with one attached hydrogen (secondary N) is 4. The average Bonchev–Trinajstić information content (AvgIpc) is 2.82. The van der Waals surface area contributed by atoms with E-state index in [-0.39, 0.29) is 11.0 Å². The van der Waals surface area contributed by atoms with E-state index in [0.29, 0.717) is 0 Å². The lowest BCUT2D eigenvalue weighted by Crippen LogP contribution is -2.08. The van der Waals surface area contributed by atoms with Crippen LogP contribution in [0.5, 0.6) is 0 Å². The molecule has 0 radical (unpaired) electrons. The Morgan fingerprint density at radius 3 is 1.17 bits per heavy atom. The van der Waals surface area contributed by atoms with E-state index in [2.05, 4.69) is 30.6 Å². The van der Waals surface area contributed by atoms with Crippen LogP contribution in [0.15, 0.2) is 97.6 Å². The highest BCUT2D eigenvalue weighted by atomic mass is 16.9. The molecule has 0 atom stereocenters. The first-order valence-corrected chi connectivity index (χ1v) is 9.29. The van der Waals surface area contributed by atoms with Crippen LogP contribution in [0.1, 0.15) is 0 Å². The van der Waals surface area contributed by atoms with Crippen LogP contribution < -0.4 is 20.6 Å². The van der Waals surface area contributed by atoms with Gasteiger partial charge in [-0.2, -0.15) is 0 Å². The SMILES string of the molecule is O.O.O=[N+]([O-])[O-].O=[N+]([O-])[O-].c1ccc(Nc2cccc[nH+]2)nc1.c1ccc(Nc2cccc[nH+]2)nc1. The summed E-state index contributed by atoms with van der Waals surface area (Å²) in [6.45, 7) is 0. The molecule has 16 heteroatoms. The van der Waals surface area contributed by atoms with Crippen molar-refractivity contribution in [1.29, 1.82) is 0 Å². The Morgan fingerprint density at radius 2 is 0.917 bits per heavy atom. The number of hydrogen-bond donors (Lipinski definition) is 2. The fourth-order valence-corrected chi connectivity index (χ4v) is 2.09. The molecule has 36 heavy (non-hydrogen) atoms. The number of hydrogen-bond acceptors (Lipinski definition) is 10. The maximum absolute atomic E-state index is 8.25. The molecule has 0 saturated heterocycles. The molecule has 4 rings (SSSR count). The summed E-state index contributed by atoms with van der Waals surface area (Å²) in [6.07, 6.45) is 7.24. The second kappa shape index (κ2) is 20.1. The summed E-state index contributed by atoms with van der Waals surface area (Å²) in [7, 11) is 0. The third kappa shape index (κ3) is 18.1. The van der Waals surface area contributed by atoms with Crippen molar-refractivity contribution in [2.75, 3.05) is 10.6 Å². The van der Waals surface area contributed by atoms with Crippen molar-refractivity contribution in [3.63, 3.8) is 0 Å². The molecule has 0 bridgehead atoms. The molecule has 4 heterocycles. The standard InChI is InChI=1S/2C10H9N3.2NO3.2H2O/c2*1-3-7-11-9(5-1)13-10-6-2-4-8-12-10;2*2-1(3)4;;/h2*1-8H,(H,11,12,13);;;2*1H2/q;;2*-1;;/p+2. The van der Waals surface area contributed by atoms with Crippen LogP contribution in [0.2, 0.25) is 0 Å². The number of pyridine rings is 4. The zero-order valence-electron chi connectivity index (χ0n) is 18.5. The van der Waals surface area contributed by atoms with Gasteiger partial charge >= 0.3 is 0 Å². The maximum atomic E-state index is 8.25. The fourth-order valence-electron chi connectivity index (χ4n) is 2.09. The van der Waals surface area contributed by atoms with Gasteiger partial charge in [0.25, 0.3) is 11.6 Å². The van der Waals surface area contributed by atoms with Crippen molar-refractivity contribution < 1.29 is 31.1 Å². The summed E-state index contributed by atoms with van der Waals surface area (Å²) >= 11 is 0. The van der Waals surface area contributed by atoms with E-state index in [4.69, 9.17) is 30.6 Å². The third-order valence-corrected chi connectivity index (χ3v) is 3.27. The van der Waals surface area contributed by atoms with E-state index >= 15 is 0 Å². The molecule has 192 valence electrons. The predicted octanol–water partition coefficient (Wildman–Crippen LogP) is 1.15. The van der Waals surface area contributed by atoms with Crippen LogP contribution in [-0.4, -0.2) is 31.1 Å². The van der Waals surface area contributed by atoms with Crippen LogP contribution in [-0.2, 0) is 0 Å². The Kier molecular flexibility index (Phi) is 18.3. The largest absolute Gasteiger partial charge is 0.412 e. The molecule has 0 unspecified atom stereocenters. The molecule has 16 nitrogen and oxygen atoms in total. The van der Waals surface area contributed by atoms with E-state index in [0.717, 1.165) is 23.3 Å². The Labute approximate surface area is 203 Å². The number of rotatable bonds is 4. The Balaban J connectivity index is 0. The second-order valence-electron chi connectivity index (χ2n) is 5.68. The van der Waals surface area contributed by atoms with Gasteiger partial charge in [0.15, 0.2) is 0 Å². The molecular weight excluding hydrogens is 480 g/mol. The number of nitrogens with zero attached hydrogens (tertiary/aromatic N) is 4. The molecule has 4 aromatic heterocycles. The number of aromatic amines is 2. The summed E-state index contributed by atoms with van der Waals surface area (Å²) in [6, 6.07) is 23.2. The zero-order valence-corrected chi connectivity index (χ0v) is 18.5. The lowest BCUT2D eigenvalue weighted by Gasteiger charge is -1.94. The molecule has 0 aliphatic rings. The summed E-state index contributed by atoms with van der Waals surface area (Å²) < 4.78 is 0. The smallest absolute Gasteiger partial charge is 0.278 e. The highest BCUT2D eigenvalue weighted by molar-refractivity contribution is 5.48.